The highest BCUT2D eigenvalue weighted by atomic mass is 32.1. The standard InChI is InChI=1S/C17H27N3O2S/c1-4-6-18-16(21)12-19-7-9-20(10-8-19)17(22)15-11-13(3)14(5-2)23-15/h11H,4-10,12H2,1-3H3,(H,18,21). The summed E-state index contributed by atoms with van der Waals surface area (Å²) in [6.07, 6.45) is 1.93. The highest BCUT2D eigenvalue weighted by molar-refractivity contribution is 7.14. The molecule has 23 heavy (non-hydrogen) atoms. The van der Waals surface area contributed by atoms with Crippen LogP contribution in [0.25, 0.3) is 0 Å². The maximum atomic E-state index is 12.6. The van der Waals surface area contributed by atoms with Crippen molar-refractivity contribution < 1.29 is 9.59 Å². The molecule has 5 nitrogen and oxygen atoms in total. The van der Waals surface area contributed by atoms with Crippen LogP contribution in [-0.2, 0) is 11.2 Å². The van der Waals surface area contributed by atoms with E-state index in [1.165, 1.54) is 10.4 Å². The molecule has 0 atom stereocenters. The third kappa shape index (κ3) is 4.78. The normalized spacial score (nSPS) is 15.7. The molecule has 0 unspecified atom stereocenters. The maximum Gasteiger partial charge on any atom is 0.264 e. The van der Waals surface area contributed by atoms with E-state index in [1.807, 2.05) is 17.9 Å². The molecule has 0 aliphatic carbocycles. The number of carbonyl (C=O) groups is 2. The van der Waals surface area contributed by atoms with Crippen LogP contribution in [-0.4, -0.2) is 60.9 Å². The van der Waals surface area contributed by atoms with Crippen LogP contribution in [0.4, 0.5) is 0 Å². The molecule has 0 aromatic carbocycles. The van der Waals surface area contributed by atoms with Crippen molar-refractivity contribution in [3.63, 3.8) is 0 Å². The monoisotopic (exact) mass is 337 g/mol. The molecule has 1 aliphatic heterocycles. The largest absolute Gasteiger partial charge is 0.355 e. The van der Waals surface area contributed by atoms with Gasteiger partial charge in [0.25, 0.3) is 5.91 Å². The molecular weight excluding hydrogens is 310 g/mol. The van der Waals surface area contributed by atoms with Gasteiger partial charge in [0.05, 0.1) is 11.4 Å². The van der Waals surface area contributed by atoms with E-state index in [4.69, 9.17) is 0 Å². The van der Waals surface area contributed by atoms with Crippen molar-refractivity contribution in [3.8, 4) is 0 Å². The molecule has 0 saturated carbocycles. The number of hydrogen-bond acceptors (Lipinski definition) is 4. The molecule has 1 saturated heterocycles. The number of piperazine rings is 1. The van der Waals surface area contributed by atoms with Crippen molar-refractivity contribution >= 4 is 23.2 Å². The zero-order valence-corrected chi connectivity index (χ0v) is 15.2. The summed E-state index contributed by atoms with van der Waals surface area (Å²) < 4.78 is 0. The first-order chi connectivity index (χ1) is 11.0. The van der Waals surface area contributed by atoms with E-state index in [0.29, 0.717) is 19.6 Å². The Hall–Kier alpha value is -1.40. The average molecular weight is 337 g/mol. The van der Waals surface area contributed by atoms with E-state index in [9.17, 15) is 9.59 Å². The second-order valence-electron chi connectivity index (χ2n) is 5.99. The summed E-state index contributed by atoms with van der Waals surface area (Å²) >= 11 is 1.61. The van der Waals surface area contributed by atoms with Gasteiger partial charge in [0, 0.05) is 37.6 Å². The van der Waals surface area contributed by atoms with E-state index in [-0.39, 0.29) is 11.8 Å². The number of nitrogens with zero attached hydrogens (tertiary/aromatic N) is 2. The Labute approximate surface area is 142 Å². The Morgan fingerprint density at radius 1 is 1.22 bits per heavy atom. The predicted molar refractivity (Wildman–Crippen MR) is 94.1 cm³/mol. The first kappa shape index (κ1) is 17.9. The van der Waals surface area contributed by atoms with Crippen molar-refractivity contribution in [3.05, 3.63) is 21.4 Å². The van der Waals surface area contributed by atoms with Crippen LogP contribution >= 0.6 is 11.3 Å². The lowest BCUT2D eigenvalue weighted by Crippen LogP contribution is -2.51. The van der Waals surface area contributed by atoms with Crippen LogP contribution in [0.1, 0.15) is 40.4 Å². The fourth-order valence-electron chi connectivity index (χ4n) is 2.76. The summed E-state index contributed by atoms with van der Waals surface area (Å²) in [5.74, 6) is 0.209. The number of rotatable bonds is 6. The van der Waals surface area contributed by atoms with Gasteiger partial charge in [-0.1, -0.05) is 13.8 Å². The van der Waals surface area contributed by atoms with Gasteiger partial charge in [0.2, 0.25) is 5.91 Å². The third-order valence-electron chi connectivity index (χ3n) is 4.15. The molecular formula is C17H27N3O2S. The number of nitrogens with one attached hydrogen (secondary N) is 1. The minimum absolute atomic E-state index is 0.0769. The van der Waals surface area contributed by atoms with Crippen LogP contribution in [0.2, 0.25) is 0 Å². The first-order valence-electron chi connectivity index (χ1n) is 8.42. The molecule has 0 radical (unpaired) electrons. The van der Waals surface area contributed by atoms with Gasteiger partial charge in [-0.15, -0.1) is 11.3 Å². The zero-order valence-electron chi connectivity index (χ0n) is 14.4. The predicted octanol–water partition coefficient (Wildman–Crippen LogP) is 1.90. The molecule has 1 N–H and O–H groups in total. The molecule has 6 heteroatoms. The average Bonchev–Trinajstić information content (AvgIpc) is 2.94. The van der Waals surface area contributed by atoms with Crippen LogP contribution in [0.3, 0.4) is 0 Å². The van der Waals surface area contributed by atoms with Crippen LogP contribution in [0, 0.1) is 6.92 Å². The van der Waals surface area contributed by atoms with E-state index in [0.717, 1.165) is 37.4 Å². The minimum atomic E-state index is 0.0769. The van der Waals surface area contributed by atoms with Crippen LogP contribution in [0.15, 0.2) is 6.07 Å². The van der Waals surface area contributed by atoms with E-state index >= 15 is 0 Å². The minimum Gasteiger partial charge on any atom is -0.355 e. The molecule has 2 amide bonds. The van der Waals surface area contributed by atoms with Crippen LogP contribution in [0.5, 0.6) is 0 Å². The number of aryl methyl sites for hydroxylation is 2. The topological polar surface area (TPSA) is 52.7 Å². The summed E-state index contributed by atoms with van der Waals surface area (Å²) in [4.78, 5) is 30.5. The lowest BCUT2D eigenvalue weighted by molar-refractivity contribution is -0.122. The Morgan fingerprint density at radius 3 is 2.48 bits per heavy atom. The molecule has 2 rings (SSSR count). The summed E-state index contributed by atoms with van der Waals surface area (Å²) in [5, 5.41) is 2.90. The first-order valence-corrected chi connectivity index (χ1v) is 9.24. The van der Waals surface area contributed by atoms with Crippen LogP contribution < -0.4 is 5.32 Å². The van der Waals surface area contributed by atoms with Gasteiger partial charge in [-0.3, -0.25) is 14.5 Å². The van der Waals surface area contributed by atoms with Gasteiger partial charge in [-0.05, 0) is 31.4 Å². The van der Waals surface area contributed by atoms with Gasteiger partial charge in [0.1, 0.15) is 0 Å². The molecule has 128 valence electrons. The summed E-state index contributed by atoms with van der Waals surface area (Å²) in [6.45, 7) is 10.3. The van der Waals surface area contributed by atoms with Crippen molar-refractivity contribution in [2.24, 2.45) is 0 Å². The quantitative estimate of drug-likeness (QED) is 0.863. The van der Waals surface area contributed by atoms with Gasteiger partial charge in [-0.25, -0.2) is 0 Å². The van der Waals surface area contributed by atoms with E-state index < -0.39 is 0 Å². The Bertz CT molecular complexity index is 548. The lowest BCUT2D eigenvalue weighted by atomic mass is 10.2. The van der Waals surface area contributed by atoms with E-state index in [2.05, 4.69) is 24.1 Å². The summed E-state index contributed by atoms with van der Waals surface area (Å²) in [7, 11) is 0. The van der Waals surface area contributed by atoms with Crippen molar-refractivity contribution in [1.29, 1.82) is 0 Å². The van der Waals surface area contributed by atoms with Crippen molar-refractivity contribution in [1.82, 2.24) is 15.1 Å². The Morgan fingerprint density at radius 2 is 1.91 bits per heavy atom. The maximum absolute atomic E-state index is 12.6. The number of hydrogen-bond donors (Lipinski definition) is 1. The number of carbonyl (C=O) groups excluding carboxylic acids is 2. The zero-order chi connectivity index (χ0) is 16.8. The van der Waals surface area contributed by atoms with Gasteiger partial charge >= 0.3 is 0 Å². The smallest absolute Gasteiger partial charge is 0.264 e. The fourth-order valence-corrected chi connectivity index (χ4v) is 3.85. The molecule has 1 aromatic rings. The number of amides is 2. The van der Waals surface area contributed by atoms with Crippen molar-refractivity contribution in [2.75, 3.05) is 39.3 Å². The SMILES string of the molecule is CCCNC(=O)CN1CCN(C(=O)c2cc(C)c(CC)s2)CC1. The highest BCUT2D eigenvalue weighted by Crippen LogP contribution is 2.24. The second-order valence-corrected chi connectivity index (χ2v) is 7.13. The Balaban J connectivity index is 1.83. The Kier molecular flexibility index (Phi) is 6.59. The molecule has 2 heterocycles. The molecule has 1 fully saturated rings. The highest BCUT2D eigenvalue weighted by Gasteiger charge is 2.24. The second kappa shape index (κ2) is 8.45. The molecule has 1 aromatic heterocycles. The summed E-state index contributed by atoms with van der Waals surface area (Å²) in [6, 6.07) is 2.01. The number of thiophene rings is 1. The van der Waals surface area contributed by atoms with Gasteiger partial charge in [-0.2, -0.15) is 0 Å². The van der Waals surface area contributed by atoms with Crippen molar-refractivity contribution in [2.45, 2.75) is 33.6 Å². The molecule has 1 aliphatic rings. The van der Waals surface area contributed by atoms with Gasteiger partial charge < -0.3 is 10.2 Å². The molecule has 0 spiro atoms. The fraction of sp³-hybridized carbons (Fsp3) is 0.647. The van der Waals surface area contributed by atoms with Gasteiger partial charge in [0.15, 0.2) is 0 Å². The summed E-state index contributed by atoms with van der Waals surface area (Å²) in [5.41, 5.74) is 1.21. The lowest BCUT2D eigenvalue weighted by Gasteiger charge is -2.34. The molecule has 0 bridgehead atoms. The third-order valence-corrected chi connectivity index (χ3v) is 5.52. The van der Waals surface area contributed by atoms with E-state index in [1.54, 1.807) is 11.3 Å².